The molecular weight excluding hydrogens is 320 g/mol. The third-order valence-electron chi connectivity index (χ3n) is 2.42. The zero-order valence-corrected chi connectivity index (χ0v) is 11.7. The van der Waals surface area contributed by atoms with Crippen molar-refractivity contribution in [2.24, 2.45) is 0 Å². The van der Waals surface area contributed by atoms with Crippen LogP contribution in [0, 0.1) is 10.1 Å². The Balaban J connectivity index is 2.67. The number of aliphatic carboxylic acids is 1. The first-order chi connectivity index (χ1) is 8.93. The SMILES string of the molecule is COC(CNc1ccc([N+](=O)[O-])cc1Br)CC(=O)O. The lowest BCUT2D eigenvalue weighted by Gasteiger charge is -2.15. The van der Waals surface area contributed by atoms with Gasteiger partial charge in [-0.3, -0.25) is 14.9 Å². The van der Waals surface area contributed by atoms with E-state index in [1.807, 2.05) is 0 Å². The Morgan fingerprint density at radius 2 is 2.32 bits per heavy atom. The first-order valence-electron chi connectivity index (χ1n) is 5.36. The normalized spacial score (nSPS) is 11.9. The molecule has 8 heteroatoms. The van der Waals surface area contributed by atoms with Crippen molar-refractivity contribution in [3.05, 3.63) is 32.8 Å². The molecule has 1 atom stereocenters. The number of nitro benzene ring substituents is 1. The summed E-state index contributed by atoms with van der Waals surface area (Å²) >= 11 is 3.21. The molecule has 0 heterocycles. The van der Waals surface area contributed by atoms with E-state index in [2.05, 4.69) is 21.2 Å². The summed E-state index contributed by atoms with van der Waals surface area (Å²) in [6, 6.07) is 4.29. The second kappa shape index (κ2) is 7.05. The molecule has 2 N–H and O–H groups in total. The van der Waals surface area contributed by atoms with Crippen LogP contribution in [0.25, 0.3) is 0 Å². The highest BCUT2D eigenvalue weighted by atomic mass is 79.9. The van der Waals surface area contributed by atoms with E-state index in [4.69, 9.17) is 9.84 Å². The minimum Gasteiger partial charge on any atom is -0.481 e. The second-order valence-corrected chi connectivity index (χ2v) is 4.61. The zero-order chi connectivity index (χ0) is 14.4. The van der Waals surface area contributed by atoms with E-state index in [0.717, 1.165) is 0 Å². The van der Waals surface area contributed by atoms with Crippen molar-refractivity contribution in [1.82, 2.24) is 0 Å². The quantitative estimate of drug-likeness (QED) is 0.586. The summed E-state index contributed by atoms with van der Waals surface area (Å²) in [5.41, 5.74) is 0.615. The van der Waals surface area contributed by atoms with E-state index in [-0.39, 0.29) is 12.1 Å². The van der Waals surface area contributed by atoms with E-state index in [0.29, 0.717) is 16.7 Å². The third kappa shape index (κ3) is 4.84. The first-order valence-corrected chi connectivity index (χ1v) is 6.15. The number of ether oxygens (including phenoxy) is 1. The van der Waals surface area contributed by atoms with Crippen LogP contribution in [0.4, 0.5) is 11.4 Å². The van der Waals surface area contributed by atoms with Gasteiger partial charge in [0.15, 0.2) is 0 Å². The lowest BCUT2D eigenvalue weighted by atomic mass is 10.2. The number of benzene rings is 1. The highest BCUT2D eigenvalue weighted by molar-refractivity contribution is 9.10. The lowest BCUT2D eigenvalue weighted by molar-refractivity contribution is -0.384. The molecule has 104 valence electrons. The summed E-state index contributed by atoms with van der Waals surface area (Å²) in [6.45, 7) is 0.291. The molecule has 1 unspecified atom stereocenters. The van der Waals surface area contributed by atoms with Gasteiger partial charge >= 0.3 is 5.97 Å². The minimum absolute atomic E-state index is 0.0220. The van der Waals surface area contributed by atoms with Gasteiger partial charge in [-0.05, 0) is 22.0 Å². The Labute approximate surface area is 117 Å². The molecule has 0 bridgehead atoms. The van der Waals surface area contributed by atoms with Gasteiger partial charge in [0.1, 0.15) is 0 Å². The average Bonchev–Trinajstić information content (AvgIpc) is 2.34. The number of nitro groups is 1. The smallest absolute Gasteiger partial charge is 0.306 e. The van der Waals surface area contributed by atoms with Gasteiger partial charge in [-0.1, -0.05) is 0 Å². The van der Waals surface area contributed by atoms with Crippen molar-refractivity contribution >= 4 is 33.3 Å². The van der Waals surface area contributed by atoms with Crippen LogP contribution in [-0.4, -0.2) is 35.8 Å². The maximum atomic E-state index is 10.6. The molecule has 1 rings (SSSR count). The van der Waals surface area contributed by atoms with E-state index < -0.39 is 17.0 Å². The summed E-state index contributed by atoms with van der Waals surface area (Å²) in [7, 11) is 1.43. The van der Waals surface area contributed by atoms with Crippen molar-refractivity contribution in [2.75, 3.05) is 19.0 Å². The molecule has 19 heavy (non-hydrogen) atoms. The van der Waals surface area contributed by atoms with Gasteiger partial charge in [-0.2, -0.15) is 0 Å². The van der Waals surface area contributed by atoms with Crippen LogP contribution in [0.5, 0.6) is 0 Å². The molecule has 7 nitrogen and oxygen atoms in total. The summed E-state index contributed by atoms with van der Waals surface area (Å²) in [5.74, 6) is -0.948. The maximum Gasteiger partial charge on any atom is 0.306 e. The molecule has 1 aromatic carbocycles. The van der Waals surface area contributed by atoms with Crippen molar-refractivity contribution in [1.29, 1.82) is 0 Å². The second-order valence-electron chi connectivity index (χ2n) is 3.76. The summed E-state index contributed by atoms with van der Waals surface area (Å²) in [4.78, 5) is 20.7. The maximum absolute atomic E-state index is 10.6. The Kier molecular flexibility index (Phi) is 5.71. The van der Waals surface area contributed by atoms with Crippen molar-refractivity contribution < 1.29 is 19.6 Å². The number of non-ortho nitro benzene ring substituents is 1. The van der Waals surface area contributed by atoms with Crippen molar-refractivity contribution in [3.8, 4) is 0 Å². The Morgan fingerprint density at radius 3 is 2.79 bits per heavy atom. The summed E-state index contributed by atoms with van der Waals surface area (Å²) in [5, 5.41) is 22.2. The average molecular weight is 333 g/mol. The van der Waals surface area contributed by atoms with Crippen molar-refractivity contribution in [3.63, 3.8) is 0 Å². The van der Waals surface area contributed by atoms with Gasteiger partial charge in [0, 0.05) is 35.9 Å². The van der Waals surface area contributed by atoms with Gasteiger partial charge in [0.05, 0.1) is 17.4 Å². The van der Waals surface area contributed by atoms with Crippen LogP contribution < -0.4 is 5.32 Å². The minimum atomic E-state index is -0.948. The molecule has 0 fully saturated rings. The number of rotatable bonds is 7. The molecule has 0 aliphatic rings. The van der Waals surface area contributed by atoms with E-state index >= 15 is 0 Å². The van der Waals surface area contributed by atoms with Crippen LogP contribution in [0.1, 0.15) is 6.42 Å². The highest BCUT2D eigenvalue weighted by Gasteiger charge is 2.14. The predicted octanol–water partition coefficient (Wildman–Crippen LogP) is 2.26. The highest BCUT2D eigenvalue weighted by Crippen LogP contribution is 2.27. The summed E-state index contributed by atoms with van der Waals surface area (Å²) in [6.07, 6.45) is -0.590. The summed E-state index contributed by atoms with van der Waals surface area (Å²) < 4.78 is 5.55. The molecular formula is C11H13BrN2O5. The standard InChI is InChI=1S/C11H13BrN2O5/c1-19-8(5-11(15)16)6-13-10-3-2-7(14(17)18)4-9(10)12/h2-4,8,13H,5-6H2,1H3,(H,15,16). The van der Waals surface area contributed by atoms with Crippen LogP contribution >= 0.6 is 15.9 Å². The van der Waals surface area contributed by atoms with E-state index in [1.54, 1.807) is 6.07 Å². The van der Waals surface area contributed by atoms with Gasteiger partial charge in [-0.15, -0.1) is 0 Å². The number of carboxylic acids is 1. The molecule has 0 aliphatic heterocycles. The molecule has 0 saturated heterocycles. The fraction of sp³-hybridized carbons (Fsp3) is 0.364. The molecule has 0 radical (unpaired) electrons. The van der Waals surface area contributed by atoms with Gasteiger partial charge < -0.3 is 15.2 Å². The van der Waals surface area contributed by atoms with Crippen LogP contribution in [0.2, 0.25) is 0 Å². The van der Waals surface area contributed by atoms with E-state index in [1.165, 1.54) is 19.2 Å². The fourth-order valence-corrected chi connectivity index (χ4v) is 1.93. The Bertz CT molecular complexity index is 480. The molecule has 0 saturated carbocycles. The number of nitrogens with one attached hydrogen (secondary N) is 1. The number of carbonyl (C=O) groups is 1. The van der Waals surface area contributed by atoms with Gasteiger partial charge in [0.25, 0.3) is 5.69 Å². The topological polar surface area (TPSA) is 102 Å². The van der Waals surface area contributed by atoms with E-state index in [9.17, 15) is 14.9 Å². The molecule has 1 aromatic rings. The predicted molar refractivity (Wildman–Crippen MR) is 72.3 cm³/mol. The van der Waals surface area contributed by atoms with Crippen LogP contribution in [0.3, 0.4) is 0 Å². The van der Waals surface area contributed by atoms with Gasteiger partial charge in [0.2, 0.25) is 0 Å². The number of anilines is 1. The first kappa shape index (κ1) is 15.4. The number of hydrogen-bond acceptors (Lipinski definition) is 5. The van der Waals surface area contributed by atoms with Crippen LogP contribution in [0.15, 0.2) is 22.7 Å². The Hall–Kier alpha value is -1.67. The fourth-order valence-electron chi connectivity index (χ4n) is 1.42. The molecule has 0 amide bonds. The van der Waals surface area contributed by atoms with Gasteiger partial charge in [-0.25, -0.2) is 0 Å². The Morgan fingerprint density at radius 1 is 1.63 bits per heavy atom. The number of methoxy groups -OCH3 is 1. The molecule has 0 aromatic heterocycles. The molecule has 0 spiro atoms. The number of carboxylic acid groups (broad SMARTS) is 1. The molecule has 0 aliphatic carbocycles. The number of hydrogen-bond donors (Lipinski definition) is 2. The lowest BCUT2D eigenvalue weighted by Crippen LogP contribution is -2.25. The number of nitrogens with zero attached hydrogens (tertiary/aromatic N) is 1. The monoisotopic (exact) mass is 332 g/mol. The zero-order valence-electron chi connectivity index (χ0n) is 10.1. The third-order valence-corrected chi connectivity index (χ3v) is 3.08. The largest absolute Gasteiger partial charge is 0.481 e. The van der Waals surface area contributed by atoms with Crippen molar-refractivity contribution in [2.45, 2.75) is 12.5 Å². The van der Waals surface area contributed by atoms with Crippen LogP contribution in [-0.2, 0) is 9.53 Å². The number of halogens is 1.